The Labute approximate surface area is 182 Å². The molecule has 0 amide bonds. The van der Waals surface area contributed by atoms with Gasteiger partial charge in [0.2, 0.25) is 10.0 Å². The number of fused-ring (bicyclic) bond motifs is 1. The van der Waals surface area contributed by atoms with Crippen LogP contribution in [0.25, 0.3) is 11.1 Å². The molecule has 0 aliphatic rings. The van der Waals surface area contributed by atoms with E-state index in [9.17, 15) is 26.4 Å². The summed E-state index contributed by atoms with van der Waals surface area (Å²) >= 11 is 0. The molecule has 0 radical (unpaired) electrons. The third kappa shape index (κ3) is 6.57. The number of hydrogen-bond donors (Lipinski definition) is 2. The van der Waals surface area contributed by atoms with Crippen molar-refractivity contribution in [1.82, 2.24) is 14.6 Å². The standard InChI is InChI=1S/C19H20F3N3O4S.ClH/c1-30(27,28)24-17(19(20,21)22)14-8-6-13(7-9-14)12-23-10-11-25-15-4-2-3-5-16(15)29-18(25)26;/h2-9,17,23-24H,10-12H2,1H3;1H/t17-;/m0./s1. The maximum Gasteiger partial charge on any atom is 0.419 e. The highest BCUT2D eigenvalue weighted by atomic mass is 35.5. The molecule has 1 aromatic heterocycles. The van der Waals surface area contributed by atoms with Crippen molar-refractivity contribution in [2.24, 2.45) is 0 Å². The van der Waals surface area contributed by atoms with Gasteiger partial charge in [0, 0.05) is 19.6 Å². The van der Waals surface area contributed by atoms with E-state index in [0.29, 0.717) is 42.6 Å². The second-order valence-corrected chi connectivity index (χ2v) is 8.55. The van der Waals surface area contributed by atoms with Gasteiger partial charge in [-0.05, 0) is 23.3 Å². The maximum atomic E-state index is 13.2. The maximum absolute atomic E-state index is 13.2. The fourth-order valence-corrected chi connectivity index (χ4v) is 3.71. The Balaban J connectivity index is 0.00000341. The molecule has 3 aromatic rings. The normalized spacial score (nSPS) is 13.2. The van der Waals surface area contributed by atoms with Crippen LogP contribution in [0.4, 0.5) is 13.2 Å². The minimum absolute atomic E-state index is 0. The van der Waals surface area contributed by atoms with Crippen LogP contribution in [0.15, 0.2) is 57.7 Å². The average molecular weight is 480 g/mol. The van der Waals surface area contributed by atoms with Gasteiger partial charge < -0.3 is 9.73 Å². The summed E-state index contributed by atoms with van der Waals surface area (Å²) in [7, 11) is -4.04. The molecule has 1 heterocycles. The van der Waals surface area contributed by atoms with Crippen molar-refractivity contribution < 1.29 is 26.0 Å². The number of hydrogen-bond acceptors (Lipinski definition) is 5. The number of oxazole rings is 1. The molecule has 0 aliphatic carbocycles. The van der Waals surface area contributed by atoms with Gasteiger partial charge >= 0.3 is 11.9 Å². The summed E-state index contributed by atoms with van der Waals surface area (Å²) < 4.78 is 70.3. The number of aromatic nitrogens is 1. The number of sulfonamides is 1. The summed E-state index contributed by atoms with van der Waals surface area (Å²) in [5.41, 5.74) is 1.70. The van der Waals surface area contributed by atoms with Crippen LogP contribution in [0, 0.1) is 0 Å². The van der Waals surface area contributed by atoms with Gasteiger partial charge in [0.05, 0.1) is 11.8 Å². The molecule has 2 aromatic carbocycles. The molecule has 0 aliphatic heterocycles. The van der Waals surface area contributed by atoms with Gasteiger partial charge in [-0.2, -0.15) is 17.9 Å². The number of benzene rings is 2. The van der Waals surface area contributed by atoms with Crippen LogP contribution in [0.2, 0.25) is 0 Å². The molecule has 0 saturated heterocycles. The fourth-order valence-electron chi connectivity index (χ4n) is 3.02. The van der Waals surface area contributed by atoms with E-state index in [4.69, 9.17) is 4.42 Å². The largest absolute Gasteiger partial charge is 0.419 e. The van der Waals surface area contributed by atoms with E-state index in [1.54, 1.807) is 29.0 Å². The molecule has 31 heavy (non-hydrogen) atoms. The molecular formula is C19H21ClF3N3O4S. The quantitative estimate of drug-likeness (QED) is 0.484. The topological polar surface area (TPSA) is 93.3 Å². The zero-order chi connectivity index (χ0) is 21.9. The number of rotatable bonds is 8. The lowest BCUT2D eigenvalue weighted by molar-refractivity contribution is -0.153. The lowest BCUT2D eigenvalue weighted by Gasteiger charge is -2.21. The molecule has 7 nitrogen and oxygen atoms in total. The molecule has 0 fully saturated rings. The minimum Gasteiger partial charge on any atom is -0.408 e. The smallest absolute Gasteiger partial charge is 0.408 e. The van der Waals surface area contributed by atoms with Gasteiger partial charge in [-0.1, -0.05) is 36.4 Å². The third-order valence-electron chi connectivity index (χ3n) is 4.39. The van der Waals surface area contributed by atoms with Crippen LogP contribution in [-0.4, -0.2) is 32.0 Å². The van der Waals surface area contributed by atoms with Crippen LogP contribution in [0.5, 0.6) is 0 Å². The molecule has 0 bridgehead atoms. The first kappa shape index (κ1) is 24.9. The second-order valence-electron chi connectivity index (χ2n) is 6.77. The molecule has 2 N–H and O–H groups in total. The molecule has 3 rings (SSSR count). The number of nitrogens with zero attached hydrogens (tertiary/aromatic N) is 1. The van der Waals surface area contributed by atoms with Crippen LogP contribution in [0.3, 0.4) is 0 Å². The van der Waals surface area contributed by atoms with Gasteiger partial charge in [-0.25, -0.2) is 13.2 Å². The van der Waals surface area contributed by atoms with Crippen molar-refractivity contribution in [3.8, 4) is 0 Å². The van der Waals surface area contributed by atoms with E-state index >= 15 is 0 Å². The Bertz CT molecular complexity index is 1170. The molecule has 0 spiro atoms. The number of halogens is 4. The van der Waals surface area contributed by atoms with Crippen LogP contribution in [-0.2, 0) is 23.1 Å². The van der Waals surface area contributed by atoms with Crippen LogP contribution in [0.1, 0.15) is 17.2 Å². The lowest BCUT2D eigenvalue weighted by atomic mass is 10.1. The Morgan fingerprint density at radius 2 is 1.74 bits per heavy atom. The lowest BCUT2D eigenvalue weighted by Crippen LogP contribution is -2.37. The van der Waals surface area contributed by atoms with Gasteiger partial charge in [0.15, 0.2) is 5.58 Å². The van der Waals surface area contributed by atoms with Crippen molar-refractivity contribution in [3.63, 3.8) is 0 Å². The summed E-state index contributed by atoms with van der Waals surface area (Å²) in [5.74, 6) is -0.459. The summed E-state index contributed by atoms with van der Waals surface area (Å²) in [6.07, 6.45) is -4.08. The predicted molar refractivity (Wildman–Crippen MR) is 113 cm³/mol. The second kappa shape index (κ2) is 9.86. The van der Waals surface area contributed by atoms with E-state index in [-0.39, 0.29) is 18.0 Å². The SMILES string of the molecule is CS(=O)(=O)N[C@@H](c1ccc(CNCCn2c(=O)oc3ccccc32)cc1)C(F)(F)F.Cl. The number of alkyl halides is 3. The molecule has 12 heteroatoms. The highest BCUT2D eigenvalue weighted by molar-refractivity contribution is 7.88. The number of nitrogens with one attached hydrogen (secondary N) is 2. The minimum atomic E-state index is -4.76. The molecule has 170 valence electrons. The zero-order valence-electron chi connectivity index (χ0n) is 16.3. The van der Waals surface area contributed by atoms with E-state index in [2.05, 4.69) is 5.32 Å². The van der Waals surface area contributed by atoms with Crippen molar-refractivity contribution in [2.45, 2.75) is 25.3 Å². The average Bonchev–Trinajstić information content (AvgIpc) is 2.98. The zero-order valence-corrected chi connectivity index (χ0v) is 18.0. The molecule has 0 saturated carbocycles. The molecular weight excluding hydrogens is 459 g/mol. The van der Waals surface area contributed by atoms with E-state index in [0.717, 1.165) is 0 Å². The summed E-state index contributed by atoms with van der Waals surface area (Å²) in [6, 6.07) is 10.2. The van der Waals surface area contributed by atoms with Crippen LogP contribution < -0.4 is 15.8 Å². The Morgan fingerprint density at radius 3 is 2.35 bits per heavy atom. The van der Waals surface area contributed by atoms with E-state index < -0.39 is 28.0 Å². The predicted octanol–water partition coefficient (Wildman–Crippen LogP) is 2.96. The Hall–Kier alpha value is -2.34. The van der Waals surface area contributed by atoms with E-state index in [1.165, 1.54) is 28.8 Å². The highest BCUT2D eigenvalue weighted by Gasteiger charge is 2.42. The first-order valence-corrected chi connectivity index (χ1v) is 10.9. The molecule has 1 atom stereocenters. The van der Waals surface area contributed by atoms with Crippen molar-refractivity contribution in [1.29, 1.82) is 0 Å². The summed E-state index contributed by atoms with van der Waals surface area (Å²) in [4.78, 5) is 11.9. The Kier molecular flexibility index (Phi) is 7.93. The van der Waals surface area contributed by atoms with Crippen LogP contribution >= 0.6 is 12.4 Å². The fraction of sp³-hybridized carbons (Fsp3) is 0.316. The van der Waals surface area contributed by atoms with Crippen molar-refractivity contribution >= 4 is 33.5 Å². The summed E-state index contributed by atoms with van der Waals surface area (Å²) in [5, 5.41) is 3.11. The molecule has 0 unspecified atom stereocenters. The highest BCUT2D eigenvalue weighted by Crippen LogP contribution is 2.33. The Morgan fingerprint density at radius 1 is 1.10 bits per heavy atom. The first-order chi connectivity index (χ1) is 14.0. The monoisotopic (exact) mass is 479 g/mol. The van der Waals surface area contributed by atoms with Gasteiger partial charge in [0.1, 0.15) is 6.04 Å². The third-order valence-corrected chi connectivity index (χ3v) is 5.05. The number of para-hydroxylation sites is 2. The summed E-state index contributed by atoms with van der Waals surface area (Å²) in [6.45, 7) is 1.16. The van der Waals surface area contributed by atoms with Crippen molar-refractivity contribution in [3.05, 3.63) is 70.2 Å². The van der Waals surface area contributed by atoms with Gasteiger partial charge in [-0.15, -0.1) is 12.4 Å². The van der Waals surface area contributed by atoms with Gasteiger partial charge in [-0.3, -0.25) is 4.57 Å². The van der Waals surface area contributed by atoms with Crippen molar-refractivity contribution in [2.75, 3.05) is 12.8 Å². The van der Waals surface area contributed by atoms with E-state index in [1.807, 2.05) is 0 Å². The first-order valence-electron chi connectivity index (χ1n) is 8.96. The van der Waals surface area contributed by atoms with Gasteiger partial charge in [0.25, 0.3) is 0 Å².